The summed E-state index contributed by atoms with van der Waals surface area (Å²) in [6.07, 6.45) is 1.84. The summed E-state index contributed by atoms with van der Waals surface area (Å²) in [5.41, 5.74) is -0.687. The highest BCUT2D eigenvalue weighted by molar-refractivity contribution is 7.91. The van der Waals surface area contributed by atoms with Gasteiger partial charge in [0.25, 0.3) is 0 Å². The van der Waals surface area contributed by atoms with Crippen molar-refractivity contribution in [3.8, 4) is 0 Å². The molecule has 7 nitrogen and oxygen atoms in total. The number of benzene rings is 1. The van der Waals surface area contributed by atoms with Crippen LogP contribution >= 0.6 is 0 Å². The molecule has 3 rings (SSSR count). The predicted octanol–water partition coefficient (Wildman–Crippen LogP) is 3.72. The van der Waals surface area contributed by atoms with Crippen LogP contribution in [-0.4, -0.2) is 50.0 Å². The maximum atomic E-state index is 13.0. The summed E-state index contributed by atoms with van der Waals surface area (Å²) in [5.74, 6) is -2.43. The molecule has 6 atom stereocenters. The van der Waals surface area contributed by atoms with Gasteiger partial charge in [0, 0.05) is 18.8 Å². The molecule has 2 aliphatic rings. The summed E-state index contributed by atoms with van der Waals surface area (Å²) in [4.78, 5) is 24.9. The molecule has 1 unspecified atom stereocenters. The summed E-state index contributed by atoms with van der Waals surface area (Å²) < 4.78 is 43.1. The third-order valence-corrected chi connectivity index (χ3v) is 8.07. The van der Waals surface area contributed by atoms with Crippen LogP contribution in [0.5, 0.6) is 0 Å². The summed E-state index contributed by atoms with van der Waals surface area (Å²) >= 11 is 0. The second-order valence-corrected chi connectivity index (χ2v) is 12.0. The van der Waals surface area contributed by atoms with Crippen LogP contribution in [0.15, 0.2) is 47.9 Å². The lowest BCUT2D eigenvalue weighted by atomic mass is 9.86. The molecule has 1 aromatic carbocycles. The minimum atomic E-state index is -3.49. The SMILES string of the molecule is C=CC[C@@H]1O[C@H](C[C@H]2CC(C(=O)OC(C)(C)C)C(=O)O2)[C@H](C)[C@H]1CS(=O)(=O)c1ccccc1. The lowest BCUT2D eigenvalue weighted by Gasteiger charge is -2.21. The van der Waals surface area contributed by atoms with Crippen LogP contribution in [0.25, 0.3) is 0 Å². The molecule has 182 valence electrons. The molecule has 0 radical (unpaired) electrons. The lowest BCUT2D eigenvalue weighted by molar-refractivity contribution is -0.164. The Balaban J connectivity index is 1.68. The second kappa shape index (κ2) is 9.97. The predicted molar refractivity (Wildman–Crippen MR) is 123 cm³/mol. The van der Waals surface area contributed by atoms with Crippen LogP contribution in [0, 0.1) is 17.8 Å². The average Bonchev–Trinajstić information content (AvgIpc) is 3.22. The molecule has 2 fully saturated rings. The lowest BCUT2D eigenvalue weighted by Crippen LogP contribution is -2.30. The molecule has 33 heavy (non-hydrogen) atoms. The molecular weight excluding hydrogens is 444 g/mol. The third-order valence-electron chi connectivity index (χ3n) is 6.25. The van der Waals surface area contributed by atoms with Gasteiger partial charge < -0.3 is 14.2 Å². The number of esters is 2. The van der Waals surface area contributed by atoms with Crippen molar-refractivity contribution in [3.63, 3.8) is 0 Å². The summed E-state index contributed by atoms with van der Waals surface area (Å²) in [6, 6.07) is 8.40. The Morgan fingerprint density at radius 3 is 2.48 bits per heavy atom. The number of hydrogen-bond acceptors (Lipinski definition) is 7. The third kappa shape index (κ3) is 6.23. The first kappa shape index (κ1) is 25.4. The highest BCUT2D eigenvalue weighted by atomic mass is 32.2. The van der Waals surface area contributed by atoms with E-state index in [0.717, 1.165) is 0 Å². The molecule has 0 amide bonds. The summed E-state index contributed by atoms with van der Waals surface area (Å²) in [7, 11) is -3.49. The smallest absolute Gasteiger partial charge is 0.320 e. The first-order valence-electron chi connectivity index (χ1n) is 11.4. The van der Waals surface area contributed by atoms with Gasteiger partial charge >= 0.3 is 11.9 Å². The number of carbonyl (C=O) groups is 2. The number of hydrogen-bond donors (Lipinski definition) is 0. The molecule has 0 aliphatic carbocycles. The van der Waals surface area contributed by atoms with E-state index in [0.29, 0.717) is 17.7 Å². The van der Waals surface area contributed by atoms with Crippen LogP contribution in [-0.2, 0) is 33.6 Å². The highest BCUT2D eigenvalue weighted by Crippen LogP contribution is 2.40. The van der Waals surface area contributed by atoms with Crippen molar-refractivity contribution in [3.05, 3.63) is 43.0 Å². The van der Waals surface area contributed by atoms with Gasteiger partial charge in [-0.05, 0) is 45.2 Å². The number of carbonyl (C=O) groups excluding carboxylic acids is 2. The molecule has 2 heterocycles. The fourth-order valence-corrected chi connectivity index (χ4v) is 6.38. The Bertz CT molecular complexity index is 964. The summed E-state index contributed by atoms with van der Waals surface area (Å²) in [6.45, 7) is 11.0. The normalized spacial score (nSPS) is 30.1. The van der Waals surface area contributed by atoms with Crippen molar-refractivity contribution < 1.29 is 32.2 Å². The molecule has 0 spiro atoms. The van der Waals surface area contributed by atoms with E-state index >= 15 is 0 Å². The van der Waals surface area contributed by atoms with Crippen molar-refractivity contribution in [1.29, 1.82) is 0 Å². The zero-order valence-electron chi connectivity index (χ0n) is 19.7. The minimum Gasteiger partial charge on any atom is -0.462 e. The van der Waals surface area contributed by atoms with Gasteiger partial charge in [-0.1, -0.05) is 31.2 Å². The zero-order chi connectivity index (χ0) is 24.4. The molecule has 8 heteroatoms. The molecule has 0 bridgehead atoms. The minimum absolute atomic E-state index is 0.0296. The van der Waals surface area contributed by atoms with Crippen LogP contribution in [0.3, 0.4) is 0 Å². The van der Waals surface area contributed by atoms with E-state index in [9.17, 15) is 18.0 Å². The van der Waals surface area contributed by atoms with E-state index in [1.807, 2.05) is 6.92 Å². The van der Waals surface area contributed by atoms with Crippen molar-refractivity contribution >= 4 is 21.8 Å². The van der Waals surface area contributed by atoms with Gasteiger partial charge in [-0.2, -0.15) is 0 Å². The van der Waals surface area contributed by atoms with Gasteiger partial charge in [-0.3, -0.25) is 9.59 Å². The van der Waals surface area contributed by atoms with Crippen LogP contribution in [0.2, 0.25) is 0 Å². The molecule has 0 saturated carbocycles. The number of rotatable bonds is 8. The largest absolute Gasteiger partial charge is 0.462 e. The Hall–Kier alpha value is -2.19. The van der Waals surface area contributed by atoms with Gasteiger partial charge in [0.05, 0.1) is 22.9 Å². The second-order valence-electron chi connectivity index (χ2n) is 9.97. The standard InChI is InChI=1S/C25H34O7S/c1-6-10-21-20(15-33(28,29)18-11-8-7-9-12-18)16(2)22(31-21)14-17-13-19(23(26)30-17)24(27)32-25(3,4)5/h6-9,11-12,16-17,19-22H,1,10,13-15H2,2-5H3/t16-,17-,19?,20-,21+,22-/m1/s1. The average molecular weight is 479 g/mol. The number of ether oxygens (including phenoxy) is 3. The van der Waals surface area contributed by atoms with E-state index in [4.69, 9.17) is 14.2 Å². The van der Waals surface area contributed by atoms with Crippen LogP contribution in [0.4, 0.5) is 0 Å². The van der Waals surface area contributed by atoms with Crippen molar-refractivity contribution in [2.75, 3.05) is 5.75 Å². The van der Waals surface area contributed by atoms with Gasteiger partial charge in [0.1, 0.15) is 11.7 Å². The maximum absolute atomic E-state index is 13.0. The van der Waals surface area contributed by atoms with E-state index in [2.05, 4.69) is 6.58 Å². The van der Waals surface area contributed by atoms with E-state index in [-0.39, 0.29) is 36.2 Å². The van der Waals surface area contributed by atoms with Gasteiger partial charge in [-0.15, -0.1) is 6.58 Å². The van der Waals surface area contributed by atoms with E-state index in [1.165, 1.54) is 0 Å². The van der Waals surface area contributed by atoms with Crippen LogP contribution < -0.4 is 0 Å². The van der Waals surface area contributed by atoms with E-state index in [1.54, 1.807) is 57.2 Å². The fourth-order valence-electron chi connectivity index (χ4n) is 4.59. The first-order valence-corrected chi connectivity index (χ1v) is 13.0. The van der Waals surface area contributed by atoms with Gasteiger partial charge in [-0.25, -0.2) is 8.42 Å². The van der Waals surface area contributed by atoms with Crippen molar-refractivity contribution in [1.82, 2.24) is 0 Å². The van der Waals surface area contributed by atoms with Gasteiger partial charge in [0.15, 0.2) is 15.8 Å². The Morgan fingerprint density at radius 2 is 1.88 bits per heavy atom. The Morgan fingerprint density at radius 1 is 1.21 bits per heavy atom. The number of cyclic esters (lactones) is 1. The van der Waals surface area contributed by atoms with E-state index < -0.39 is 39.4 Å². The highest BCUT2D eigenvalue weighted by Gasteiger charge is 2.47. The molecular formula is C25H34O7S. The topological polar surface area (TPSA) is 96.0 Å². The Labute approximate surface area is 196 Å². The van der Waals surface area contributed by atoms with Crippen molar-refractivity contribution in [2.24, 2.45) is 17.8 Å². The monoisotopic (exact) mass is 478 g/mol. The summed E-state index contributed by atoms with van der Waals surface area (Å²) in [5, 5.41) is 0. The Kier molecular flexibility index (Phi) is 7.69. The first-order chi connectivity index (χ1) is 15.4. The van der Waals surface area contributed by atoms with Crippen LogP contribution in [0.1, 0.15) is 47.0 Å². The molecule has 0 N–H and O–H groups in total. The molecule has 1 aromatic rings. The number of sulfone groups is 1. The zero-order valence-corrected chi connectivity index (χ0v) is 20.5. The van der Waals surface area contributed by atoms with Crippen molar-refractivity contribution in [2.45, 2.75) is 75.8 Å². The molecule has 2 aliphatic heterocycles. The molecule has 0 aromatic heterocycles. The van der Waals surface area contributed by atoms with Gasteiger partial charge in [0.2, 0.25) is 0 Å². The molecule has 2 saturated heterocycles. The quantitative estimate of drug-likeness (QED) is 0.319. The fraction of sp³-hybridized carbons (Fsp3) is 0.600. The maximum Gasteiger partial charge on any atom is 0.320 e.